The van der Waals surface area contributed by atoms with E-state index in [0.29, 0.717) is 23.9 Å². The van der Waals surface area contributed by atoms with Crippen LogP contribution in [0.5, 0.6) is 17.2 Å². The van der Waals surface area contributed by atoms with Crippen LogP contribution in [-0.2, 0) is 6.42 Å². The summed E-state index contributed by atoms with van der Waals surface area (Å²) >= 11 is 0. The third-order valence-corrected chi connectivity index (χ3v) is 2.14. The molecule has 4 nitrogen and oxygen atoms in total. The summed E-state index contributed by atoms with van der Waals surface area (Å²) in [5.74, 6) is 1.73. The normalized spacial score (nSPS) is 9.38. The van der Waals surface area contributed by atoms with Gasteiger partial charge >= 0.3 is 0 Å². The number of ether oxygens (including phenoxy) is 3. The maximum absolute atomic E-state index is 8.72. The Morgan fingerprint density at radius 1 is 1.19 bits per heavy atom. The smallest absolute Gasteiger partial charge is 0.203 e. The lowest BCUT2D eigenvalue weighted by Crippen LogP contribution is -2.01. The van der Waals surface area contributed by atoms with Gasteiger partial charge in [0.05, 0.1) is 33.3 Å². The van der Waals surface area contributed by atoms with Gasteiger partial charge in [0.15, 0.2) is 11.5 Å². The fourth-order valence-corrected chi connectivity index (χ4v) is 1.47. The standard InChI is InChI=1S/C12H15NO3/c1-4-16-11-9(7-8-13)5-6-10(14-2)12(11)15-3/h5-6H,4,7H2,1-3H3. The average molecular weight is 221 g/mol. The summed E-state index contributed by atoms with van der Waals surface area (Å²) in [5.41, 5.74) is 0.807. The molecule has 0 amide bonds. The Hall–Kier alpha value is -1.89. The number of hydrogen-bond acceptors (Lipinski definition) is 4. The molecule has 0 unspecified atom stereocenters. The van der Waals surface area contributed by atoms with Crippen molar-refractivity contribution < 1.29 is 14.2 Å². The van der Waals surface area contributed by atoms with Gasteiger partial charge in [0, 0.05) is 5.56 Å². The van der Waals surface area contributed by atoms with Gasteiger partial charge in [-0.2, -0.15) is 5.26 Å². The lowest BCUT2D eigenvalue weighted by Gasteiger charge is -2.15. The first-order valence-electron chi connectivity index (χ1n) is 5.02. The van der Waals surface area contributed by atoms with E-state index in [9.17, 15) is 0 Å². The first-order valence-corrected chi connectivity index (χ1v) is 5.02. The summed E-state index contributed by atoms with van der Waals surface area (Å²) in [6.45, 7) is 2.40. The molecule has 1 aromatic rings. The molecule has 86 valence electrons. The third-order valence-electron chi connectivity index (χ3n) is 2.14. The number of rotatable bonds is 5. The van der Waals surface area contributed by atoms with E-state index in [1.54, 1.807) is 20.3 Å². The monoisotopic (exact) mass is 221 g/mol. The third kappa shape index (κ3) is 2.37. The Labute approximate surface area is 95.4 Å². The molecule has 0 radical (unpaired) electrons. The van der Waals surface area contributed by atoms with Crippen molar-refractivity contribution in [2.45, 2.75) is 13.3 Å². The van der Waals surface area contributed by atoms with Crippen molar-refractivity contribution in [1.82, 2.24) is 0 Å². The van der Waals surface area contributed by atoms with Crippen LogP contribution in [0.25, 0.3) is 0 Å². The van der Waals surface area contributed by atoms with Crippen LogP contribution in [0.3, 0.4) is 0 Å². The fourth-order valence-electron chi connectivity index (χ4n) is 1.47. The zero-order valence-electron chi connectivity index (χ0n) is 9.74. The highest BCUT2D eigenvalue weighted by molar-refractivity contribution is 5.56. The average Bonchev–Trinajstić information content (AvgIpc) is 2.31. The molecule has 0 saturated carbocycles. The Morgan fingerprint density at radius 2 is 1.94 bits per heavy atom. The summed E-state index contributed by atoms with van der Waals surface area (Å²) in [4.78, 5) is 0. The molecular weight excluding hydrogens is 206 g/mol. The maximum atomic E-state index is 8.72. The van der Waals surface area contributed by atoms with Crippen molar-refractivity contribution in [3.05, 3.63) is 17.7 Å². The number of nitriles is 1. The zero-order valence-corrected chi connectivity index (χ0v) is 9.74. The lowest BCUT2D eigenvalue weighted by molar-refractivity contribution is 0.294. The van der Waals surface area contributed by atoms with Crippen molar-refractivity contribution in [2.24, 2.45) is 0 Å². The summed E-state index contributed by atoms with van der Waals surface area (Å²) in [6, 6.07) is 5.68. The molecule has 4 heteroatoms. The van der Waals surface area contributed by atoms with Crippen molar-refractivity contribution in [2.75, 3.05) is 20.8 Å². The van der Waals surface area contributed by atoms with E-state index in [2.05, 4.69) is 6.07 Å². The quantitative estimate of drug-likeness (QED) is 0.764. The van der Waals surface area contributed by atoms with Crippen LogP contribution in [0.1, 0.15) is 12.5 Å². The largest absolute Gasteiger partial charge is 0.493 e. The summed E-state index contributed by atoms with van der Waals surface area (Å²) in [6.07, 6.45) is 0.287. The van der Waals surface area contributed by atoms with Crippen molar-refractivity contribution in [3.63, 3.8) is 0 Å². The number of nitrogens with zero attached hydrogens (tertiary/aromatic N) is 1. The van der Waals surface area contributed by atoms with Crippen LogP contribution < -0.4 is 14.2 Å². The van der Waals surface area contributed by atoms with E-state index in [0.717, 1.165) is 5.56 Å². The second-order valence-corrected chi connectivity index (χ2v) is 3.06. The summed E-state index contributed by atoms with van der Waals surface area (Å²) < 4.78 is 15.9. The molecular formula is C12H15NO3. The van der Waals surface area contributed by atoms with Gasteiger partial charge < -0.3 is 14.2 Å². The molecule has 0 aliphatic carbocycles. The van der Waals surface area contributed by atoms with E-state index in [1.807, 2.05) is 13.0 Å². The minimum Gasteiger partial charge on any atom is -0.493 e. The van der Waals surface area contributed by atoms with Crippen molar-refractivity contribution in [1.29, 1.82) is 5.26 Å². The van der Waals surface area contributed by atoms with Crippen molar-refractivity contribution >= 4 is 0 Å². The minimum atomic E-state index is 0.287. The van der Waals surface area contributed by atoms with E-state index >= 15 is 0 Å². The SMILES string of the molecule is CCOc1c(CC#N)ccc(OC)c1OC. The van der Waals surface area contributed by atoms with E-state index in [-0.39, 0.29) is 6.42 Å². The molecule has 16 heavy (non-hydrogen) atoms. The highest BCUT2D eigenvalue weighted by Gasteiger charge is 2.15. The number of hydrogen-bond donors (Lipinski definition) is 0. The molecule has 0 heterocycles. The second kappa shape index (κ2) is 5.86. The first-order chi connectivity index (χ1) is 7.78. The molecule has 0 atom stereocenters. The minimum absolute atomic E-state index is 0.287. The Bertz CT molecular complexity index is 396. The lowest BCUT2D eigenvalue weighted by atomic mass is 10.1. The molecule has 0 fully saturated rings. The van der Waals surface area contributed by atoms with Gasteiger partial charge in [-0.1, -0.05) is 6.07 Å². The predicted octanol–water partition coefficient (Wildman–Crippen LogP) is 2.17. The van der Waals surface area contributed by atoms with Gasteiger partial charge in [0.2, 0.25) is 5.75 Å². The fraction of sp³-hybridized carbons (Fsp3) is 0.417. The number of methoxy groups -OCH3 is 2. The zero-order chi connectivity index (χ0) is 12.0. The van der Waals surface area contributed by atoms with Crippen LogP contribution in [0, 0.1) is 11.3 Å². The van der Waals surface area contributed by atoms with E-state index < -0.39 is 0 Å². The van der Waals surface area contributed by atoms with Crippen LogP contribution in [-0.4, -0.2) is 20.8 Å². The van der Waals surface area contributed by atoms with Gasteiger partial charge in [-0.3, -0.25) is 0 Å². The predicted molar refractivity (Wildman–Crippen MR) is 60.0 cm³/mol. The molecule has 0 spiro atoms. The first kappa shape index (κ1) is 12.2. The Kier molecular flexibility index (Phi) is 4.46. The highest BCUT2D eigenvalue weighted by atomic mass is 16.5. The molecule has 0 aromatic heterocycles. The van der Waals surface area contributed by atoms with Gasteiger partial charge in [-0.25, -0.2) is 0 Å². The molecule has 0 N–H and O–H groups in total. The van der Waals surface area contributed by atoms with E-state index in [1.165, 1.54) is 0 Å². The van der Waals surface area contributed by atoms with Gasteiger partial charge in [0.1, 0.15) is 0 Å². The van der Waals surface area contributed by atoms with Crippen molar-refractivity contribution in [3.8, 4) is 23.3 Å². The summed E-state index contributed by atoms with van der Waals surface area (Å²) in [7, 11) is 3.12. The Morgan fingerprint density at radius 3 is 2.44 bits per heavy atom. The van der Waals surface area contributed by atoms with Crippen LogP contribution in [0.2, 0.25) is 0 Å². The van der Waals surface area contributed by atoms with Gasteiger partial charge in [0.25, 0.3) is 0 Å². The molecule has 0 aliphatic heterocycles. The van der Waals surface area contributed by atoms with E-state index in [4.69, 9.17) is 19.5 Å². The van der Waals surface area contributed by atoms with Crippen LogP contribution in [0.15, 0.2) is 12.1 Å². The molecule has 0 bridgehead atoms. The highest BCUT2D eigenvalue weighted by Crippen LogP contribution is 2.40. The second-order valence-electron chi connectivity index (χ2n) is 3.06. The Balaban J connectivity index is 3.26. The summed E-state index contributed by atoms with van der Waals surface area (Å²) in [5, 5.41) is 8.72. The molecule has 1 rings (SSSR count). The maximum Gasteiger partial charge on any atom is 0.203 e. The van der Waals surface area contributed by atoms with Crippen LogP contribution in [0.4, 0.5) is 0 Å². The van der Waals surface area contributed by atoms with Gasteiger partial charge in [-0.15, -0.1) is 0 Å². The molecule has 1 aromatic carbocycles. The van der Waals surface area contributed by atoms with Crippen LogP contribution >= 0.6 is 0 Å². The number of benzene rings is 1. The molecule has 0 saturated heterocycles. The molecule has 0 aliphatic rings. The van der Waals surface area contributed by atoms with Gasteiger partial charge in [-0.05, 0) is 13.0 Å². The topological polar surface area (TPSA) is 51.5 Å².